The lowest BCUT2D eigenvalue weighted by molar-refractivity contribution is -0.139. The van der Waals surface area contributed by atoms with Crippen LogP contribution in [-0.4, -0.2) is 37.3 Å². The van der Waals surface area contributed by atoms with E-state index in [2.05, 4.69) is 0 Å². The first kappa shape index (κ1) is 27.8. The van der Waals surface area contributed by atoms with Crippen LogP contribution < -0.4 is 29.1 Å². The standard InChI is InChI=1S/C29H30N2O7S/c1-6-8-22-25(28(34)37-7-2)26(21-16-20(35-4)13-14-23(21)36-5)31-27(33)24(39-29(31)30-22)15-18-9-11-19(12-10-18)38-17(3)32/h9-16,26H,6-8H2,1-5H3/b24-15-/t26-/m1/s1. The Labute approximate surface area is 229 Å². The largest absolute Gasteiger partial charge is 0.497 e. The number of carbonyl (C=O) groups excluding carboxylic acids is 2. The SMILES string of the molecule is CCCC1=C(C(=O)OCC)[C@@H](c2cc(OC)ccc2OC)n2c(s/c(=C\c3ccc(OC(C)=O)cc3)c2=O)=N1. The maximum absolute atomic E-state index is 13.9. The minimum atomic E-state index is -0.833. The number of benzene rings is 2. The second-order valence-corrected chi connectivity index (χ2v) is 9.69. The number of carbonyl (C=O) groups is 2. The first-order valence-corrected chi connectivity index (χ1v) is 13.3. The van der Waals surface area contributed by atoms with Crippen molar-refractivity contribution in [3.63, 3.8) is 0 Å². The van der Waals surface area contributed by atoms with Crippen LogP contribution in [0.2, 0.25) is 0 Å². The summed E-state index contributed by atoms with van der Waals surface area (Å²) < 4.78 is 23.6. The van der Waals surface area contributed by atoms with Crippen LogP contribution in [0.1, 0.15) is 50.8 Å². The van der Waals surface area contributed by atoms with Gasteiger partial charge in [-0.3, -0.25) is 14.2 Å². The van der Waals surface area contributed by atoms with Crippen LogP contribution in [0.3, 0.4) is 0 Å². The van der Waals surface area contributed by atoms with Gasteiger partial charge in [-0.25, -0.2) is 9.79 Å². The third kappa shape index (κ3) is 5.80. The second kappa shape index (κ2) is 12.1. The summed E-state index contributed by atoms with van der Waals surface area (Å²) in [7, 11) is 3.09. The number of hydrogen-bond donors (Lipinski definition) is 0. The molecule has 1 aliphatic heterocycles. The van der Waals surface area contributed by atoms with E-state index in [4.69, 9.17) is 23.9 Å². The van der Waals surface area contributed by atoms with Gasteiger partial charge in [0.1, 0.15) is 23.3 Å². The second-order valence-electron chi connectivity index (χ2n) is 8.68. The van der Waals surface area contributed by atoms with Crippen LogP contribution in [0.5, 0.6) is 17.2 Å². The Bertz CT molecular complexity index is 1600. The van der Waals surface area contributed by atoms with Crippen molar-refractivity contribution >= 4 is 29.4 Å². The molecule has 9 nitrogen and oxygen atoms in total. The van der Waals surface area contributed by atoms with E-state index < -0.39 is 18.0 Å². The van der Waals surface area contributed by atoms with E-state index in [1.807, 2.05) is 6.92 Å². The zero-order valence-corrected chi connectivity index (χ0v) is 23.3. The molecular weight excluding hydrogens is 520 g/mol. The normalized spacial score (nSPS) is 14.9. The van der Waals surface area contributed by atoms with Gasteiger partial charge in [-0.15, -0.1) is 0 Å². The van der Waals surface area contributed by atoms with Gasteiger partial charge < -0.3 is 18.9 Å². The van der Waals surface area contributed by atoms with Crippen molar-refractivity contribution in [3.05, 3.63) is 84.5 Å². The van der Waals surface area contributed by atoms with E-state index >= 15 is 0 Å². The molecule has 39 heavy (non-hydrogen) atoms. The van der Waals surface area contributed by atoms with Gasteiger partial charge >= 0.3 is 11.9 Å². The average Bonchev–Trinajstić information content (AvgIpc) is 3.22. The predicted octanol–water partition coefficient (Wildman–Crippen LogP) is 3.52. The molecule has 10 heteroatoms. The van der Waals surface area contributed by atoms with Crippen LogP contribution >= 0.6 is 11.3 Å². The molecule has 0 radical (unpaired) electrons. The summed E-state index contributed by atoms with van der Waals surface area (Å²) >= 11 is 1.23. The van der Waals surface area contributed by atoms with Gasteiger partial charge in [0, 0.05) is 12.5 Å². The van der Waals surface area contributed by atoms with Crippen molar-refractivity contribution in [1.82, 2.24) is 4.57 Å². The van der Waals surface area contributed by atoms with Gasteiger partial charge in [0.15, 0.2) is 4.80 Å². The van der Waals surface area contributed by atoms with Gasteiger partial charge in [0.25, 0.3) is 5.56 Å². The molecule has 204 valence electrons. The summed E-state index contributed by atoms with van der Waals surface area (Å²) in [6.45, 7) is 5.25. The molecule has 0 N–H and O–H groups in total. The van der Waals surface area contributed by atoms with Crippen LogP contribution in [0.4, 0.5) is 0 Å². The molecule has 1 aromatic heterocycles. The number of fused-ring (bicyclic) bond motifs is 1. The Morgan fingerprint density at radius 2 is 1.77 bits per heavy atom. The molecule has 0 aliphatic carbocycles. The molecule has 2 aromatic carbocycles. The number of methoxy groups -OCH3 is 2. The number of allylic oxidation sites excluding steroid dienone is 1. The van der Waals surface area contributed by atoms with Crippen molar-refractivity contribution in [1.29, 1.82) is 0 Å². The fourth-order valence-electron chi connectivity index (χ4n) is 4.42. The van der Waals surface area contributed by atoms with Gasteiger partial charge in [0.2, 0.25) is 0 Å². The van der Waals surface area contributed by atoms with Crippen LogP contribution in [0, 0.1) is 0 Å². The minimum absolute atomic E-state index is 0.178. The molecule has 1 aliphatic rings. The number of ether oxygens (including phenoxy) is 4. The highest BCUT2D eigenvalue weighted by Gasteiger charge is 2.36. The first-order valence-electron chi connectivity index (χ1n) is 12.5. The molecule has 4 rings (SSSR count). The lowest BCUT2D eigenvalue weighted by Crippen LogP contribution is -2.40. The fourth-order valence-corrected chi connectivity index (χ4v) is 5.44. The summed E-state index contributed by atoms with van der Waals surface area (Å²) in [4.78, 5) is 43.8. The summed E-state index contributed by atoms with van der Waals surface area (Å²) in [6, 6.07) is 11.3. The zero-order valence-electron chi connectivity index (χ0n) is 22.5. The monoisotopic (exact) mass is 550 g/mol. The van der Waals surface area contributed by atoms with Gasteiger partial charge in [0.05, 0.1) is 36.6 Å². The van der Waals surface area contributed by atoms with E-state index in [9.17, 15) is 14.4 Å². The molecule has 0 unspecified atom stereocenters. The van der Waals surface area contributed by atoms with Gasteiger partial charge in [-0.2, -0.15) is 0 Å². The number of rotatable bonds is 9. The number of nitrogens with zero attached hydrogens (tertiary/aromatic N) is 2. The third-order valence-corrected chi connectivity index (χ3v) is 7.05. The fraction of sp³-hybridized carbons (Fsp3) is 0.310. The summed E-state index contributed by atoms with van der Waals surface area (Å²) in [5.74, 6) is 0.516. The maximum Gasteiger partial charge on any atom is 0.338 e. The maximum atomic E-state index is 13.9. The molecule has 0 saturated carbocycles. The van der Waals surface area contributed by atoms with Gasteiger partial charge in [-0.05, 0) is 55.3 Å². The molecule has 0 fully saturated rings. The Morgan fingerprint density at radius 3 is 2.38 bits per heavy atom. The highest BCUT2D eigenvalue weighted by Crippen LogP contribution is 2.38. The molecule has 0 saturated heterocycles. The van der Waals surface area contributed by atoms with Crippen LogP contribution in [-0.2, 0) is 14.3 Å². The molecule has 0 bridgehead atoms. The number of aromatic nitrogens is 1. The number of esters is 2. The molecule has 0 amide bonds. The summed E-state index contributed by atoms with van der Waals surface area (Å²) in [6.07, 6.45) is 3.02. The first-order chi connectivity index (χ1) is 18.8. The number of thiazole rings is 1. The van der Waals surface area contributed by atoms with Crippen LogP contribution in [0.25, 0.3) is 6.08 Å². The molecule has 2 heterocycles. The average molecular weight is 551 g/mol. The van der Waals surface area contributed by atoms with Crippen molar-refractivity contribution in [2.24, 2.45) is 4.99 Å². The van der Waals surface area contributed by atoms with E-state index in [-0.39, 0.29) is 12.2 Å². The molecule has 0 spiro atoms. The highest BCUT2D eigenvalue weighted by atomic mass is 32.1. The molecular formula is C29H30N2O7S. The Morgan fingerprint density at radius 1 is 1.05 bits per heavy atom. The van der Waals surface area contributed by atoms with Crippen LogP contribution in [0.15, 0.2) is 63.5 Å². The lowest BCUT2D eigenvalue weighted by atomic mass is 9.93. The molecule has 3 aromatic rings. The Kier molecular flexibility index (Phi) is 8.65. The van der Waals surface area contributed by atoms with E-state index in [0.717, 1.165) is 12.0 Å². The van der Waals surface area contributed by atoms with Crippen molar-refractivity contribution < 1.29 is 28.5 Å². The summed E-state index contributed by atoms with van der Waals surface area (Å²) in [5, 5.41) is 0. The predicted molar refractivity (Wildman–Crippen MR) is 147 cm³/mol. The molecule has 1 atom stereocenters. The highest BCUT2D eigenvalue weighted by molar-refractivity contribution is 7.07. The third-order valence-electron chi connectivity index (χ3n) is 6.06. The quantitative estimate of drug-likeness (QED) is 0.297. The zero-order chi connectivity index (χ0) is 28.1. The van der Waals surface area contributed by atoms with Crippen molar-refractivity contribution in [2.75, 3.05) is 20.8 Å². The Balaban J connectivity index is 1.97. The topological polar surface area (TPSA) is 105 Å². The van der Waals surface area contributed by atoms with E-state index in [1.54, 1.807) is 62.6 Å². The smallest absolute Gasteiger partial charge is 0.338 e. The number of hydrogen-bond acceptors (Lipinski definition) is 9. The lowest BCUT2D eigenvalue weighted by Gasteiger charge is -2.27. The Hall–Kier alpha value is -4.18. The van der Waals surface area contributed by atoms with E-state index in [0.29, 0.717) is 49.8 Å². The van der Waals surface area contributed by atoms with E-state index in [1.165, 1.54) is 29.9 Å². The van der Waals surface area contributed by atoms with Crippen molar-refractivity contribution in [3.8, 4) is 17.2 Å². The summed E-state index contributed by atoms with van der Waals surface area (Å²) in [5.41, 5.74) is 1.89. The van der Waals surface area contributed by atoms with Crippen molar-refractivity contribution in [2.45, 2.75) is 39.7 Å². The minimum Gasteiger partial charge on any atom is -0.497 e. The van der Waals surface area contributed by atoms with Gasteiger partial charge in [-0.1, -0.05) is 36.8 Å².